The molecule has 1 saturated carbocycles. The number of nitrogens with zero attached hydrogens (tertiary/aromatic N) is 1. The van der Waals surface area contributed by atoms with Crippen molar-refractivity contribution in [2.45, 2.75) is 33.1 Å². The fourth-order valence-corrected chi connectivity index (χ4v) is 3.42. The molecule has 112 valence electrons. The third-order valence-corrected chi connectivity index (χ3v) is 4.81. The van der Waals surface area contributed by atoms with Gasteiger partial charge in [0.05, 0.1) is 17.3 Å². The second kappa shape index (κ2) is 5.07. The number of carboxylic acids is 1. The summed E-state index contributed by atoms with van der Waals surface area (Å²) in [7, 11) is 0. The van der Waals surface area contributed by atoms with Gasteiger partial charge in [-0.2, -0.15) is 0 Å². The molecular weight excluding hydrogens is 260 g/mol. The fourth-order valence-electron chi connectivity index (χ4n) is 3.42. The van der Waals surface area contributed by atoms with Crippen LogP contribution in [0.15, 0.2) is 0 Å². The largest absolute Gasteiger partial charge is 0.481 e. The number of amides is 2. The van der Waals surface area contributed by atoms with Crippen molar-refractivity contribution in [3.05, 3.63) is 0 Å². The number of carbonyl (C=O) groups is 3. The van der Waals surface area contributed by atoms with Crippen LogP contribution >= 0.6 is 0 Å². The van der Waals surface area contributed by atoms with Gasteiger partial charge in [0.1, 0.15) is 0 Å². The Labute approximate surface area is 118 Å². The first-order valence-corrected chi connectivity index (χ1v) is 7.06. The van der Waals surface area contributed by atoms with Crippen molar-refractivity contribution < 1.29 is 19.5 Å². The van der Waals surface area contributed by atoms with Crippen LogP contribution in [0, 0.1) is 23.2 Å². The topological polar surface area (TPSA) is 101 Å². The van der Waals surface area contributed by atoms with Crippen molar-refractivity contribution in [1.29, 1.82) is 0 Å². The molecule has 0 bridgehead atoms. The molecule has 2 unspecified atom stereocenters. The normalized spacial score (nSPS) is 37.1. The number of nitrogens with two attached hydrogens (primary N) is 1. The molecule has 1 saturated heterocycles. The zero-order valence-electron chi connectivity index (χ0n) is 12.0. The Morgan fingerprint density at radius 1 is 1.25 bits per heavy atom. The Kier molecular flexibility index (Phi) is 3.75. The van der Waals surface area contributed by atoms with Crippen molar-refractivity contribution in [2.24, 2.45) is 28.9 Å². The quantitative estimate of drug-likeness (QED) is 0.785. The minimum atomic E-state index is -0.899. The lowest BCUT2D eigenvalue weighted by molar-refractivity contribution is -0.149. The molecule has 0 aromatic heterocycles. The van der Waals surface area contributed by atoms with Crippen molar-refractivity contribution in [3.8, 4) is 0 Å². The van der Waals surface area contributed by atoms with E-state index in [9.17, 15) is 19.5 Å². The molecule has 6 heteroatoms. The van der Waals surface area contributed by atoms with Gasteiger partial charge in [0.15, 0.2) is 0 Å². The third-order valence-electron chi connectivity index (χ3n) is 4.81. The number of likely N-dealkylation sites (tertiary alicyclic amines) is 1. The molecule has 2 amide bonds. The van der Waals surface area contributed by atoms with Gasteiger partial charge in [-0.05, 0) is 32.1 Å². The summed E-state index contributed by atoms with van der Waals surface area (Å²) in [6.45, 7) is 4.52. The zero-order valence-corrected chi connectivity index (χ0v) is 12.0. The van der Waals surface area contributed by atoms with Crippen LogP contribution < -0.4 is 5.73 Å². The van der Waals surface area contributed by atoms with Gasteiger partial charge >= 0.3 is 5.97 Å². The predicted octanol–water partition coefficient (Wildman–Crippen LogP) is 0.457. The van der Waals surface area contributed by atoms with E-state index in [1.807, 2.05) is 6.92 Å². The molecule has 2 fully saturated rings. The van der Waals surface area contributed by atoms with E-state index in [-0.39, 0.29) is 11.8 Å². The Balaban J connectivity index is 2.09. The number of hydrogen-bond acceptors (Lipinski definition) is 3. The van der Waals surface area contributed by atoms with Gasteiger partial charge in [0.2, 0.25) is 11.8 Å². The molecule has 0 spiro atoms. The smallest absolute Gasteiger partial charge is 0.307 e. The molecule has 0 radical (unpaired) electrons. The lowest BCUT2D eigenvalue weighted by atomic mass is 9.89. The van der Waals surface area contributed by atoms with Crippen molar-refractivity contribution >= 4 is 17.8 Å². The van der Waals surface area contributed by atoms with Gasteiger partial charge in [-0.3, -0.25) is 14.4 Å². The number of hydrogen-bond donors (Lipinski definition) is 2. The van der Waals surface area contributed by atoms with Gasteiger partial charge in [0, 0.05) is 13.1 Å². The Bertz CT molecular complexity index is 450. The van der Waals surface area contributed by atoms with Crippen LogP contribution in [0.3, 0.4) is 0 Å². The van der Waals surface area contributed by atoms with Crippen molar-refractivity contribution in [3.63, 3.8) is 0 Å². The molecule has 1 aliphatic carbocycles. The van der Waals surface area contributed by atoms with Crippen LogP contribution in [0.4, 0.5) is 0 Å². The van der Waals surface area contributed by atoms with Gasteiger partial charge < -0.3 is 15.7 Å². The van der Waals surface area contributed by atoms with Gasteiger partial charge in [-0.15, -0.1) is 0 Å². The molecule has 1 aliphatic heterocycles. The first kappa shape index (κ1) is 14.8. The Morgan fingerprint density at radius 3 is 2.35 bits per heavy atom. The van der Waals surface area contributed by atoms with E-state index in [2.05, 4.69) is 0 Å². The molecule has 6 nitrogen and oxygen atoms in total. The third kappa shape index (κ3) is 2.51. The van der Waals surface area contributed by atoms with Crippen LogP contribution in [-0.2, 0) is 14.4 Å². The standard InChI is InChI=1S/C14H22N2O4/c1-8-5-9(10(6-8)12(18)19)11(17)16-4-3-14(2,7-16)13(15)20/h8-10H,3-7H2,1-2H3,(H2,15,20)(H,18,19)/t8?,9-,10+,14?/m0/s1. The molecular formula is C14H22N2O4. The van der Waals surface area contributed by atoms with Crippen LogP contribution in [0.2, 0.25) is 0 Å². The molecule has 2 aliphatic rings. The van der Waals surface area contributed by atoms with Crippen LogP contribution in [0.5, 0.6) is 0 Å². The minimum absolute atomic E-state index is 0.133. The highest BCUT2D eigenvalue weighted by Crippen LogP contribution is 2.39. The first-order chi connectivity index (χ1) is 9.24. The highest BCUT2D eigenvalue weighted by atomic mass is 16.4. The van der Waals surface area contributed by atoms with Crippen LogP contribution in [0.1, 0.15) is 33.1 Å². The molecule has 2 rings (SSSR count). The lowest BCUT2D eigenvalue weighted by Gasteiger charge is -2.25. The predicted molar refractivity (Wildman–Crippen MR) is 71.5 cm³/mol. The van der Waals surface area contributed by atoms with Gasteiger partial charge in [-0.1, -0.05) is 6.92 Å². The van der Waals surface area contributed by atoms with E-state index < -0.39 is 29.1 Å². The molecule has 4 atom stereocenters. The minimum Gasteiger partial charge on any atom is -0.481 e. The highest BCUT2D eigenvalue weighted by molar-refractivity contribution is 5.87. The molecule has 0 aromatic carbocycles. The lowest BCUT2D eigenvalue weighted by Crippen LogP contribution is -2.42. The summed E-state index contributed by atoms with van der Waals surface area (Å²) < 4.78 is 0. The number of primary amides is 1. The van der Waals surface area contributed by atoms with Gasteiger partial charge in [0.25, 0.3) is 0 Å². The summed E-state index contributed by atoms with van der Waals surface area (Å²) >= 11 is 0. The maximum atomic E-state index is 12.5. The first-order valence-electron chi connectivity index (χ1n) is 7.06. The van der Waals surface area contributed by atoms with Crippen molar-refractivity contribution in [2.75, 3.05) is 13.1 Å². The second-order valence-electron chi connectivity index (χ2n) is 6.56. The van der Waals surface area contributed by atoms with Crippen LogP contribution in [-0.4, -0.2) is 40.9 Å². The Morgan fingerprint density at radius 2 is 1.85 bits per heavy atom. The van der Waals surface area contributed by atoms with Gasteiger partial charge in [-0.25, -0.2) is 0 Å². The summed E-state index contributed by atoms with van der Waals surface area (Å²) in [6.07, 6.45) is 1.71. The van der Waals surface area contributed by atoms with E-state index in [1.54, 1.807) is 11.8 Å². The monoisotopic (exact) mass is 282 g/mol. The zero-order chi connectivity index (χ0) is 15.1. The number of rotatable bonds is 3. The summed E-state index contributed by atoms with van der Waals surface area (Å²) in [4.78, 5) is 36.8. The maximum Gasteiger partial charge on any atom is 0.307 e. The average Bonchev–Trinajstić information content (AvgIpc) is 2.93. The second-order valence-corrected chi connectivity index (χ2v) is 6.56. The average molecular weight is 282 g/mol. The number of carboxylic acid groups (broad SMARTS) is 1. The van der Waals surface area contributed by atoms with E-state index >= 15 is 0 Å². The van der Waals surface area contributed by atoms with Crippen molar-refractivity contribution in [1.82, 2.24) is 4.90 Å². The Hall–Kier alpha value is -1.59. The summed E-state index contributed by atoms with van der Waals surface area (Å²) in [5, 5.41) is 9.24. The highest BCUT2D eigenvalue weighted by Gasteiger charge is 2.47. The SMILES string of the molecule is CC1C[C@H](C(=O)N2CCC(C)(C(N)=O)C2)[C@H](C(=O)O)C1. The van der Waals surface area contributed by atoms with E-state index in [0.717, 1.165) is 0 Å². The summed E-state index contributed by atoms with van der Waals surface area (Å²) in [5.74, 6) is -2.25. The molecule has 0 aromatic rings. The van der Waals surface area contributed by atoms with Crippen LogP contribution in [0.25, 0.3) is 0 Å². The molecule has 1 heterocycles. The summed E-state index contributed by atoms with van der Waals surface area (Å²) in [5.41, 5.74) is 4.69. The fraction of sp³-hybridized carbons (Fsp3) is 0.786. The van der Waals surface area contributed by atoms with E-state index in [1.165, 1.54) is 0 Å². The van der Waals surface area contributed by atoms with E-state index in [4.69, 9.17) is 5.73 Å². The summed E-state index contributed by atoms with van der Waals surface area (Å²) in [6, 6.07) is 0. The molecule has 3 N–H and O–H groups in total. The number of carbonyl (C=O) groups excluding carboxylic acids is 2. The number of aliphatic carboxylic acids is 1. The molecule has 20 heavy (non-hydrogen) atoms. The maximum absolute atomic E-state index is 12.5. The van der Waals surface area contributed by atoms with E-state index in [0.29, 0.717) is 32.4 Å².